The van der Waals surface area contributed by atoms with Gasteiger partial charge in [0.05, 0.1) is 0 Å². The van der Waals surface area contributed by atoms with Crippen LogP contribution in [0, 0.1) is 29.1 Å². The van der Waals surface area contributed by atoms with Crippen molar-refractivity contribution < 1.29 is 0 Å². The molecule has 0 saturated heterocycles. The fourth-order valence-corrected chi connectivity index (χ4v) is 4.61. The molecule has 70 valence electrons. The summed E-state index contributed by atoms with van der Waals surface area (Å²) in [5, 5.41) is 0. The average molecular weight is 166 g/mol. The molecule has 0 aliphatic heterocycles. The van der Waals surface area contributed by atoms with Gasteiger partial charge in [0.15, 0.2) is 0 Å². The Morgan fingerprint density at radius 1 is 0.917 bits per heavy atom. The molecule has 2 atom stereocenters. The molecule has 0 heteroatoms. The first-order chi connectivity index (χ1) is 5.60. The van der Waals surface area contributed by atoms with Crippen molar-refractivity contribution in [2.75, 3.05) is 0 Å². The van der Waals surface area contributed by atoms with Gasteiger partial charge in [-0.3, -0.25) is 0 Å². The van der Waals surface area contributed by atoms with E-state index in [9.17, 15) is 0 Å². The van der Waals surface area contributed by atoms with E-state index in [4.69, 9.17) is 0 Å². The molecule has 0 nitrogen and oxygen atoms in total. The Hall–Kier alpha value is 0. The third kappa shape index (κ3) is 0.744. The largest absolute Gasteiger partial charge is 0.0622 e. The van der Waals surface area contributed by atoms with Crippen molar-refractivity contribution in [3.05, 3.63) is 0 Å². The Bertz CT molecular complexity index is 154. The maximum absolute atomic E-state index is 2.44. The molecule has 3 rings (SSSR count). The van der Waals surface area contributed by atoms with Gasteiger partial charge in [-0.2, -0.15) is 0 Å². The first kappa shape index (κ1) is 8.59. The molecule has 0 radical (unpaired) electrons. The van der Waals surface area contributed by atoms with Crippen LogP contribution < -0.4 is 0 Å². The van der Waals surface area contributed by atoms with E-state index in [-0.39, 0.29) is 0 Å². The maximum atomic E-state index is 2.44. The number of fused-ring (bicyclic) bond motifs is 1. The lowest BCUT2D eigenvalue weighted by Crippen LogP contribution is -2.50. The molecule has 3 aliphatic rings. The third-order valence-corrected chi connectivity index (χ3v) is 4.85. The second-order valence-electron chi connectivity index (χ2n) is 5.52. The zero-order valence-corrected chi connectivity index (χ0v) is 8.93. The molecule has 3 aliphatic carbocycles. The fraction of sp³-hybridized carbons (Fsp3) is 1.00. The minimum absolute atomic E-state index is 0.750. The van der Waals surface area contributed by atoms with Gasteiger partial charge in [0.25, 0.3) is 0 Å². The first-order valence-corrected chi connectivity index (χ1v) is 5.60. The van der Waals surface area contributed by atoms with Gasteiger partial charge in [0, 0.05) is 0 Å². The quantitative estimate of drug-likeness (QED) is 0.586. The Labute approximate surface area is 76.7 Å². The predicted molar refractivity (Wildman–Crippen MR) is 52.9 cm³/mol. The Kier molecular flexibility index (Phi) is 1.79. The van der Waals surface area contributed by atoms with E-state index in [1.807, 2.05) is 0 Å². The van der Waals surface area contributed by atoms with Gasteiger partial charge < -0.3 is 0 Å². The van der Waals surface area contributed by atoms with Crippen molar-refractivity contribution in [2.24, 2.45) is 29.1 Å². The molecular weight excluding hydrogens is 144 g/mol. The van der Waals surface area contributed by atoms with Crippen molar-refractivity contribution in [3.8, 4) is 0 Å². The van der Waals surface area contributed by atoms with Crippen LogP contribution in [0.15, 0.2) is 0 Å². The van der Waals surface area contributed by atoms with Crippen molar-refractivity contribution in [1.29, 1.82) is 0 Å². The SMILES string of the molecule is CC(C)C1(C(C)C)C2CCC1C2. The van der Waals surface area contributed by atoms with E-state index in [2.05, 4.69) is 27.7 Å². The van der Waals surface area contributed by atoms with E-state index in [1.54, 1.807) is 6.42 Å². The highest BCUT2D eigenvalue weighted by molar-refractivity contribution is 5.10. The molecule has 3 saturated carbocycles. The zero-order valence-electron chi connectivity index (χ0n) is 8.93. The molecule has 2 bridgehead atoms. The Morgan fingerprint density at radius 3 is 1.50 bits per heavy atom. The van der Waals surface area contributed by atoms with Gasteiger partial charge in [-0.05, 0) is 48.3 Å². The van der Waals surface area contributed by atoms with Crippen LogP contribution in [-0.4, -0.2) is 0 Å². The molecule has 12 heavy (non-hydrogen) atoms. The van der Waals surface area contributed by atoms with E-state index < -0.39 is 0 Å². The molecule has 3 fully saturated rings. The maximum Gasteiger partial charge on any atom is -0.0195 e. The first-order valence-electron chi connectivity index (χ1n) is 5.60. The molecule has 0 aromatic rings. The van der Waals surface area contributed by atoms with Crippen LogP contribution in [0.3, 0.4) is 0 Å². The molecule has 0 aromatic carbocycles. The van der Waals surface area contributed by atoms with E-state index in [0.29, 0.717) is 0 Å². The molecule has 0 amide bonds. The summed E-state index contributed by atoms with van der Waals surface area (Å²) >= 11 is 0. The van der Waals surface area contributed by atoms with Gasteiger partial charge in [0.2, 0.25) is 0 Å². The van der Waals surface area contributed by atoms with Crippen LogP contribution in [0.5, 0.6) is 0 Å². The smallest absolute Gasteiger partial charge is 0.0195 e. The van der Waals surface area contributed by atoms with Crippen molar-refractivity contribution in [2.45, 2.75) is 47.0 Å². The summed E-state index contributed by atoms with van der Waals surface area (Å²) in [6.45, 7) is 9.74. The minimum Gasteiger partial charge on any atom is -0.0622 e. The number of hydrogen-bond acceptors (Lipinski definition) is 0. The molecule has 0 aromatic heterocycles. The minimum atomic E-state index is 0.750. The average Bonchev–Trinajstić information content (AvgIpc) is 2.40. The fourth-order valence-electron chi connectivity index (χ4n) is 4.61. The Balaban J connectivity index is 2.25. The van der Waals surface area contributed by atoms with Crippen LogP contribution in [0.25, 0.3) is 0 Å². The molecular formula is C12H22. The predicted octanol–water partition coefficient (Wildman–Crippen LogP) is 3.71. The van der Waals surface area contributed by atoms with Crippen LogP contribution in [0.4, 0.5) is 0 Å². The van der Waals surface area contributed by atoms with Crippen LogP contribution in [-0.2, 0) is 0 Å². The second-order valence-corrected chi connectivity index (χ2v) is 5.52. The monoisotopic (exact) mass is 166 g/mol. The normalized spacial score (nSPS) is 37.5. The molecule has 0 N–H and O–H groups in total. The van der Waals surface area contributed by atoms with Gasteiger partial charge >= 0.3 is 0 Å². The lowest BCUT2D eigenvalue weighted by molar-refractivity contribution is -0.0808. The van der Waals surface area contributed by atoms with Crippen molar-refractivity contribution >= 4 is 0 Å². The van der Waals surface area contributed by atoms with Crippen molar-refractivity contribution in [3.63, 3.8) is 0 Å². The highest BCUT2D eigenvalue weighted by Gasteiger charge is 2.61. The standard InChI is InChI=1S/C12H22/c1-8(2)12(9(3)4)10-5-6-11(12)7-10/h8-11H,5-7H2,1-4H3. The third-order valence-electron chi connectivity index (χ3n) is 4.85. The summed E-state index contributed by atoms with van der Waals surface area (Å²) in [7, 11) is 0. The molecule has 0 heterocycles. The molecule has 2 unspecified atom stereocenters. The van der Waals surface area contributed by atoms with Gasteiger partial charge in [-0.1, -0.05) is 27.7 Å². The summed E-state index contributed by atoms with van der Waals surface area (Å²) in [4.78, 5) is 0. The molecule has 0 spiro atoms. The lowest BCUT2D eigenvalue weighted by atomic mass is 9.48. The highest BCUT2D eigenvalue weighted by atomic mass is 14.7. The summed E-state index contributed by atoms with van der Waals surface area (Å²) in [5.41, 5.74) is 0.750. The van der Waals surface area contributed by atoms with Crippen molar-refractivity contribution in [1.82, 2.24) is 0 Å². The lowest BCUT2D eigenvalue weighted by Gasteiger charge is -2.56. The van der Waals surface area contributed by atoms with Crippen LogP contribution in [0.1, 0.15) is 47.0 Å². The highest BCUT2D eigenvalue weighted by Crippen LogP contribution is 2.68. The van der Waals surface area contributed by atoms with E-state index in [1.165, 1.54) is 12.8 Å². The second kappa shape index (κ2) is 2.49. The summed E-state index contributed by atoms with van der Waals surface area (Å²) < 4.78 is 0. The van der Waals surface area contributed by atoms with Crippen LogP contribution in [0.2, 0.25) is 0 Å². The van der Waals surface area contributed by atoms with Crippen LogP contribution >= 0.6 is 0 Å². The summed E-state index contributed by atoms with van der Waals surface area (Å²) in [6.07, 6.45) is 4.61. The van der Waals surface area contributed by atoms with Gasteiger partial charge in [-0.25, -0.2) is 0 Å². The van der Waals surface area contributed by atoms with E-state index >= 15 is 0 Å². The summed E-state index contributed by atoms with van der Waals surface area (Å²) in [5.74, 6) is 3.98. The topological polar surface area (TPSA) is 0 Å². The number of rotatable bonds is 2. The number of hydrogen-bond donors (Lipinski definition) is 0. The van der Waals surface area contributed by atoms with Gasteiger partial charge in [0.1, 0.15) is 0 Å². The summed E-state index contributed by atoms with van der Waals surface area (Å²) in [6, 6.07) is 0. The zero-order chi connectivity index (χ0) is 8.93. The van der Waals surface area contributed by atoms with Gasteiger partial charge in [-0.15, -0.1) is 0 Å². The van der Waals surface area contributed by atoms with E-state index in [0.717, 1.165) is 29.1 Å². The Morgan fingerprint density at radius 2 is 1.33 bits per heavy atom.